The number of rotatable bonds is 4. The van der Waals surface area contributed by atoms with Gasteiger partial charge in [0.25, 0.3) is 0 Å². The second-order valence-corrected chi connectivity index (χ2v) is 15.7. The highest BCUT2D eigenvalue weighted by Crippen LogP contribution is 2.30. The van der Waals surface area contributed by atoms with E-state index in [2.05, 4.69) is 134 Å². The van der Waals surface area contributed by atoms with Gasteiger partial charge in [0.2, 0.25) is 0 Å². The molecule has 0 saturated heterocycles. The van der Waals surface area contributed by atoms with Crippen molar-refractivity contribution in [3.8, 4) is 33.4 Å². The Labute approximate surface area is 214 Å². The SMILES string of the molecule is C[Si](C)(C)c1ccc(-c2ccc3ccc(-c4ccc(-c5cnc6ccccc6c5)cc4)cc3c2)cc1. The summed E-state index contributed by atoms with van der Waals surface area (Å²) in [6.07, 6.45) is 1.96. The average Bonchev–Trinajstić information content (AvgIpc) is 2.92. The molecule has 5 aromatic carbocycles. The lowest BCUT2D eigenvalue weighted by molar-refractivity contribution is 1.41. The lowest BCUT2D eigenvalue weighted by Gasteiger charge is -2.17. The third kappa shape index (κ3) is 4.36. The Bertz CT molecular complexity index is 1690. The Hall–Kier alpha value is -4.01. The molecule has 0 radical (unpaired) electrons. The van der Waals surface area contributed by atoms with Gasteiger partial charge in [-0.25, -0.2) is 0 Å². The van der Waals surface area contributed by atoms with Gasteiger partial charge < -0.3 is 0 Å². The summed E-state index contributed by atoms with van der Waals surface area (Å²) in [5, 5.41) is 5.19. The average molecular weight is 480 g/mol. The van der Waals surface area contributed by atoms with Crippen LogP contribution in [0.25, 0.3) is 55.1 Å². The van der Waals surface area contributed by atoms with E-state index in [0.717, 1.165) is 11.1 Å². The fraction of sp³-hybridized carbons (Fsp3) is 0.0882. The summed E-state index contributed by atoms with van der Waals surface area (Å²) in [7, 11) is -1.29. The first-order chi connectivity index (χ1) is 17.4. The van der Waals surface area contributed by atoms with Gasteiger partial charge in [-0.15, -0.1) is 0 Å². The van der Waals surface area contributed by atoms with Gasteiger partial charge in [0.15, 0.2) is 0 Å². The fourth-order valence-corrected chi connectivity index (χ4v) is 6.02. The van der Waals surface area contributed by atoms with Crippen molar-refractivity contribution in [1.82, 2.24) is 4.98 Å². The molecule has 0 unspecified atom stereocenters. The van der Waals surface area contributed by atoms with Crippen LogP contribution in [0.5, 0.6) is 0 Å². The van der Waals surface area contributed by atoms with Crippen molar-refractivity contribution in [2.75, 3.05) is 0 Å². The third-order valence-corrected chi connectivity index (χ3v) is 9.13. The van der Waals surface area contributed by atoms with E-state index in [9.17, 15) is 0 Å². The lowest BCUT2D eigenvalue weighted by Crippen LogP contribution is -2.37. The standard InChI is InChI=1S/C34H29NSi/c1-36(2,3)33-18-16-25(17-19-33)29-15-13-26-12-14-28(20-31(26)21-29)24-8-10-27(11-9-24)32-22-30-6-4-5-7-34(30)35-23-32/h4-23H,1-3H3. The molecule has 1 aromatic heterocycles. The predicted molar refractivity (Wildman–Crippen MR) is 159 cm³/mol. The van der Waals surface area contributed by atoms with Crippen LogP contribution >= 0.6 is 0 Å². The van der Waals surface area contributed by atoms with Crippen LogP contribution in [-0.2, 0) is 0 Å². The Kier molecular flexibility index (Phi) is 5.54. The van der Waals surface area contributed by atoms with Gasteiger partial charge in [-0.1, -0.05) is 116 Å². The number of fused-ring (bicyclic) bond motifs is 2. The molecule has 0 aliphatic carbocycles. The van der Waals surface area contributed by atoms with Crippen molar-refractivity contribution in [2.24, 2.45) is 0 Å². The highest BCUT2D eigenvalue weighted by atomic mass is 28.3. The maximum atomic E-state index is 4.62. The zero-order valence-electron chi connectivity index (χ0n) is 21.0. The summed E-state index contributed by atoms with van der Waals surface area (Å²) in [5.74, 6) is 0. The Morgan fingerprint density at radius 3 is 1.56 bits per heavy atom. The fourth-order valence-electron chi connectivity index (χ4n) is 4.85. The minimum Gasteiger partial charge on any atom is -0.256 e. The van der Waals surface area contributed by atoms with Gasteiger partial charge in [0, 0.05) is 17.1 Å². The van der Waals surface area contributed by atoms with Crippen molar-refractivity contribution in [2.45, 2.75) is 19.6 Å². The third-order valence-electron chi connectivity index (χ3n) is 7.07. The number of hydrogen-bond acceptors (Lipinski definition) is 1. The van der Waals surface area contributed by atoms with Crippen LogP contribution in [-0.4, -0.2) is 13.1 Å². The van der Waals surface area contributed by atoms with Gasteiger partial charge in [0.05, 0.1) is 13.6 Å². The van der Waals surface area contributed by atoms with Crippen LogP contribution in [0.3, 0.4) is 0 Å². The van der Waals surface area contributed by atoms with Gasteiger partial charge in [-0.05, 0) is 62.9 Å². The van der Waals surface area contributed by atoms with E-state index in [-0.39, 0.29) is 0 Å². The molecule has 0 amide bonds. The van der Waals surface area contributed by atoms with Crippen LogP contribution in [0.4, 0.5) is 0 Å². The summed E-state index contributed by atoms with van der Waals surface area (Å²) in [4.78, 5) is 4.62. The number of hydrogen-bond donors (Lipinski definition) is 0. The number of nitrogens with zero attached hydrogens (tertiary/aromatic N) is 1. The number of benzene rings is 5. The second kappa shape index (κ2) is 8.89. The molecular weight excluding hydrogens is 450 g/mol. The van der Waals surface area contributed by atoms with E-state index in [1.807, 2.05) is 12.3 Å². The van der Waals surface area contributed by atoms with Crippen LogP contribution < -0.4 is 5.19 Å². The largest absolute Gasteiger partial charge is 0.256 e. The van der Waals surface area contributed by atoms with Gasteiger partial charge in [-0.3, -0.25) is 4.98 Å². The van der Waals surface area contributed by atoms with Crippen molar-refractivity contribution < 1.29 is 0 Å². The molecule has 2 heteroatoms. The molecule has 174 valence electrons. The molecule has 36 heavy (non-hydrogen) atoms. The van der Waals surface area contributed by atoms with Crippen molar-refractivity contribution >= 4 is 34.9 Å². The molecule has 6 rings (SSSR count). The molecule has 6 aromatic rings. The topological polar surface area (TPSA) is 12.9 Å². The molecule has 0 aliphatic rings. The molecule has 1 heterocycles. The van der Waals surface area contributed by atoms with Crippen molar-refractivity contribution in [3.05, 3.63) is 121 Å². The first kappa shape index (κ1) is 22.5. The van der Waals surface area contributed by atoms with Crippen LogP contribution in [0.15, 0.2) is 121 Å². The zero-order valence-corrected chi connectivity index (χ0v) is 22.0. The van der Waals surface area contributed by atoms with E-state index >= 15 is 0 Å². The summed E-state index contributed by atoms with van der Waals surface area (Å²) in [5.41, 5.74) is 8.35. The van der Waals surface area contributed by atoms with E-state index in [1.54, 1.807) is 0 Å². The molecule has 0 saturated carbocycles. The number of para-hydroxylation sites is 1. The van der Waals surface area contributed by atoms with Crippen LogP contribution in [0, 0.1) is 0 Å². The number of aromatic nitrogens is 1. The first-order valence-corrected chi connectivity index (χ1v) is 16.0. The molecule has 0 N–H and O–H groups in total. The minimum absolute atomic E-state index is 1.03. The van der Waals surface area contributed by atoms with Crippen molar-refractivity contribution in [3.63, 3.8) is 0 Å². The lowest BCUT2D eigenvalue weighted by atomic mass is 9.96. The molecule has 0 atom stereocenters. The summed E-state index contributed by atoms with van der Waals surface area (Å²) < 4.78 is 0. The highest BCUT2D eigenvalue weighted by molar-refractivity contribution is 6.88. The molecule has 1 nitrogen and oxygen atoms in total. The normalized spacial score (nSPS) is 11.8. The Balaban J connectivity index is 1.31. The first-order valence-electron chi connectivity index (χ1n) is 12.5. The monoisotopic (exact) mass is 479 g/mol. The zero-order chi connectivity index (χ0) is 24.7. The van der Waals surface area contributed by atoms with Crippen LogP contribution in [0.1, 0.15) is 0 Å². The summed E-state index contributed by atoms with van der Waals surface area (Å²) >= 11 is 0. The van der Waals surface area contributed by atoms with Gasteiger partial charge in [-0.2, -0.15) is 0 Å². The maximum absolute atomic E-state index is 4.62. The Morgan fingerprint density at radius 2 is 0.944 bits per heavy atom. The molecule has 0 aliphatic heterocycles. The highest BCUT2D eigenvalue weighted by Gasteiger charge is 2.15. The minimum atomic E-state index is -1.29. The van der Waals surface area contributed by atoms with Crippen molar-refractivity contribution in [1.29, 1.82) is 0 Å². The van der Waals surface area contributed by atoms with E-state index in [1.165, 1.54) is 49.2 Å². The van der Waals surface area contributed by atoms with E-state index in [4.69, 9.17) is 0 Å². The molecular formula is C34H29NSi. The second-order valence-electron chi connectivity index (χ2n) is 10.6. The molecule has 0 spiro atoms. The van der Waals surface area contributed by atoms with Crippen LogP contribution in [0.2, 0.25) is 19.6 Å². The quantitative estimate of drug-likeness (QED) is 0.230. The molecule has 0 bridgehead atoms. The van der Waals surface area contributed by atoms with E-state index < -0.39 is 8.07 Å². The van der Waals surface area contributed by atoms with Gasteiger partial charge in [0.1, 0.15) is 0 Å². The smallest absolute Gasteiger partial charge is 0.0775 e. The molecule has 0 fully saturated rings. The Morgan fingerprint density at radius 1 is 0.444 bits per heavy atom. The summed E-state index contributed by atoms with van der Waals surface area (Å²) in [6.45, 7) is 7.18. The summed E-state index contributed by atoms with van der Waals surface area (Å²) in [6, 6.07) is 42.0. The predicted octanol–water partition coefficient (Wildman–Crippen LogP) is 8.93. The van der Waals surface area contributed by atoms with E-state index in [0.29, 0.717) is 0 Å². The van der Waals surface area contributed by atoms with Gasteiger partial charge >= 0.3 is 0 Å². The maximum Gasteiger partial charge on any atom is 0.0775 e. The number of pyridine rings is 1.